The van der Waals surface area contributed by atoms with Crippen molar-refractivity contribution in [1.29, 1.82) is 0 Å². The SMILES string of the molecule is CCOC(=O)c1c(-c2ccc(Br)cc2)csc1NC(=O)c1ccco1. The molecule has 0 atom stereocenters. The van der Waals surface area contributed by atoms with Crippen LogP contribution in [0.15, 0.2) is 56.9 Å². The van der Waals surface area contributed by atoms with E-state index in [-0.39, 0.29) is 12.4 Å². The fourth-order valence-corrected chi connectivity index (χ4v) is 3.49. The van der Waals surface area contributed by atoms with Crippen LogP contribution in [-0.4, -0.2) is 18.5 Å². The van der Waals surface area contributed by atoms with Crippen molar-refractivity contribution in [2.75, 3.05) is 11.9 Å². The zero-order valence-electron chi connectivity index (χ0n) is 13.2. The summed E-state index contributed by atoms with van der Waals surface area (Å²) in [6.07, 6.45) is 1.42. The second-order valence-electron chi connectivity index (χ2n) is 5.01. The van der Waals surface area contributed by atoms with Crippen molar-refractivity contribution in [2.45, 2.75) is 6.92 Å². The largest absolute Gasteiger partial charge is 0.462 e. The summed E-state index contributed by atoms with van der Waals surface area (Å²) < 4.78 is 11.2. The van der Waals surface area contributed by atoms with Crippen molar-refractivity contribution in [2.24, 2.45) is 0 Å². The van der Waals surface area contributed by atoms with Gasteiger partial charge in [-0.15, -0.1) is 11.3 Å². The number of benzene rings is 1. The monoisotopic (exact) mass is 419 g/mol. The summed E-state index contributed by atoms with van der Waals surface area (Å²) in [7, 11) is 0. The number of esters is 1. The summed E-state index contributed by atoms with van der Waals surface area (Å²) >= 11 is 4.66. The summed E-state index contributed by atoms with van der Waals surface area (Å²) in [4.78, 5) is 24.7. The number of halogens is 1. The summed E-state index contributed by atoms with van der Waals surface area (Å²) in [6.45, 7) is 1.99. The molecule has 0 saturated carbocycles. The van der Waals surface area contributed by atoms with Crippen LogP contribution in [0.5, 0.6) is 0 Å². The number of carbonyl (C=O) groups is 2. The predicted octanol–water partition coefficient (Wildman–Crippen LogP) is 5.20. The molecule has 0 aliphatic heterocycles. The third kappa shape index (κ3) is 3.83. The first-order valence-corrected chi connectivity index (χ1v) is 9.16. The van der Waals surface area contributed by atoms with E-state index in [2.05, 4.69) is 21.2 Å². The standard InChI is InChI=1S/C18H14BrNO4S/c1-2-23-18(22)15-13(11-5-7-12(19)8-6-11)10-25-17(15)20-16(21)14-4-3-9-24-14/h3-10H,2H2,1H3,(H,20,21). The third-order valence-corrected chi connectivity index (χ3v) is 4.82. The van der Waals surface area contributed by atoms with Gasteiger partial charge in [-0.25, -0.2) is 4.79 Å². The number of carbonyl (C=O) groups excluding carboxylic acids is 2. The lowest BCUT2D eigenvalue weighted by molar-refractivity contribution is 0.0529. The molecule has 0 saturated heterocycles. The van der Waals surface area contributed by atoms with E-state index >= 15 is 0 Å². The van der Waals surface area contributed by atoms with Gasteiger partial charge < -0.3 is 14.5 Å². The maximum Gasteiger partial charge on any atom is 0.341 e. The lowest BCUT2D eigenvalue weighted by Crippen LogP contribution is -2.14. The molecule has 25 heavy (non-hydrogen) atoms. The Hall–Kier alpha value is -2.38. The minimum absolute atomic E-state index is 0.174. The fourth-order valence-electron chi connectivity index (χ4n) is 2.27. The molecule has 3 aromatic rings. The smallest absolute Gasteiger partial charge is 0.341 e. The van der Waals surface area contributed by atoms with Gasteiger partial charge in [0.2, 0.25) is 0 Å². The minimum Gasteiger partial charge on any atom is -0.462 e. The molecule has 1 N–H and O–H groups in total. The maximum absolute atomic E-state index is 12.5. The van der Waals surface area contributed by atoms with E-state index in [1.165, 1.54) is 17.6 Å². The molecular weight excluding hydrogens is 406 g/mol. The van der Waals surface area contributed by atoms with E-state index < -0.39 is 11.9 Å². The number of hydrogen-bond donors (Lipinski definition) is 1. The molecule has 1 aromatic carbocycles. The van der Waals surface area contributed by atoms with Gasteiger partial charge in [-0.2, -0.15) is 0 Å². The first kappa shape index (κ1) is 17.4. The van der Waals surface area contributed by atoms with Gasteiger partial charge in [0.1, 0.15) is 10.6 Å². The fraction of sp³-hybridized carbons (Fsp3) is 0.111. The number of hydrogen-bond acceptors (Lipinski definition) is 5. The maximum atomic E-state index is 12.5. The average molecular weight is 420 g/mol. The van der Waals surface area contributed by atoms with Crippen molar-refractivity contribution in [3.63, 3.8) is 0 Å². The van der Waals surface area contributed by atoms with E-state index in [1.807, 2.05) is 29.6 Å². The van der Waals surface area contributed by atoms with Crippen LogP contribution in [0.1, 0.15) is 27.8 Å². The Morgan fingerprint density at radius 1 is 1.24 bits per heavy atom. The number of furan rings is 1. The molecule has 1 amide bonds. The topological polar surface area (TPSA) is 68.5 Å². The highest BCUT2D eigenvalue weighted by Crippen LogP contribution is 2.37. The molecule has 0 spiro atoms. The number of rotatable bonds is 5. The zero-order chi connectivity index (χ0) is 17.8. The van der Waals surface area contributed by atoms with Gasteiger partial charge in [-0.3, -0.25) is 4.79 Å². The Kier molecular flexibility index (Phi) is 5.35. The van der Waals surface area contributed by atoms with Crippen LogP contribution < -0.4 is 5.32 Å². The van der Waals surface area contributed by atoms with Crippen molar-refractivity contribution in [3.05, 3.63) is 63.8 Å². The number of thiophene rings is 1. The highest BCUT2D eigenvalue weighted by Gasteiger charge is 2.23. The molecule has 7 heteroatoms. The van der Waals surface area contributed by atoms with Crippen LogP contribution >= 0.6 is 27.3 Å². The van der Waals surface area contributed by atoms with Crippen molar-refractivity contribution in [3.8, 4) is 11.1 Å². The molecule has 5 nitrogen and oxygen atoms in total. The van der Waals surface area contributed by atoms with Gasteiger partial charge in [0.05, 0.1) is 12.9 Å². The van der Waals surface area contributed by atoms with Crippen LogP contribution in [0.2, 0.25) is 0 Å². The first-order valence-electron chi connectivity index (χ1n) is 7.49. The van der Waals surface area contributed by atoms with Gasteiger partial charge in [0, 0.05) is 15.4 Å². The van der Waals surface area contributed by atoms with E-state index in [4.69, 9.17) is 9.15 Å². The van der Waals surface area contributed by atoms with E-state index in [0.29, 0.717) is 16.1 Å². The van der Waals surface area contributed by atoms with Gasteiger partial charge in [0.25, 0.3) is 5.91 Å². The molecule has 3 rings (SSSR count). The van der Waals surface area contributed by atoms with Crippen LogP contribution in [0.3, 0.4) is 0 Å². The zero-order valence-corrected chi connectivity index (χ0v) is 15.6. The second kappa shape index (κ2) is 7.67. The quantitative estimate of drug-likeness (QED) is 0.576. The molecular formula is C18H14BrNO4S. The number of nitrogens with one attached hydrogen (secondary N) is 1. The van der Waals surface area contributed by atoms with Crippen molar-refractivity contribution in [1.82, 2.24) is 0 Å². The Bertz CT molecular complexity index is 884. The average Bonchev–Trinajstić information content (AvgIpc) is 3.25. The van der Waals surface area contributed by atoms with Gasteiger partial charge >= 0.3 is 5.97 Å². The summed E-state index contributed by atoms with van der Waals surface area (Å²) in [6, 6.07) is 10.8. The van der Waals surface area contributed by atoms with Crippen LogP contribution in [0.4, 0.5) is 5.00 Å². The molecule has 0 radical (unpaired) electrons. The molecule has 2 aromatic heterocycles. The van der Waals surface area contributed by atoms with Crippen LogP contribution in [-0.2, 0) is 4.74 Å². The molecule has 128 valence electrons. The van der Waals surface area contributed by atoms with Crippen molar-refractivity contribution < 1.29 is 18.7 Å². The number of ether oxygens (including phenoxy) is 1. The molecule has 2 heterocycles. The van der Waals surface area contributed by atoms with Crippen molar-refractivity contribution >= 4 is 44.1 Å². The predicted molar refractivity (Wildman–Crippen MR) is 100 cm³/mol. The van der Waals surface area contributed by atoms with E-state index in [9.17, 15) is 9.59 Å². The number of amides is 1. The molecule has 0 aliphatic rings. The first-order chi connectivity index (χ1) is 12.1. The normalized spacial score (nSPS) is 10.5. The van der Waals surface area contributed by atoms with Gasteiger partial charge in [-0.1, -0.05) is 28.1 Å². The number of anilines is 1. The lowest BCUT2D eigenvalue weighted by atomic mass is 10.0. The lowest BCUT2D eigenvalue weighted by Gasteiger charge is -2.08. The Morgan fingerprint density at radius 3 is 2.64 bits per heavy atom. The Morgan fingerprint density at radius 2 is 2.00 bits per heavy atom. The molecule has 0 aliphatic carbocycles. The molecule has 0 unspecified atom stereocenters. The highest BCUT2D eigenvalue weighted by atomic mass is 79.9. The van der Waals surface area contributed by atoms with Gasteiger partial charge in [0.15, 0.2) is 5.76 Å². The summed E-state index contributed by atoms with van der Waals surface area (Å²) in [5.41, 5.74) is 1.92. The molecule has 0 fully saturated rings. The van der Waals surface area contributed by atoms with E-state index in [0.717, 1.165) is 10.0 Å². The Balaban J connectivity index is 1.99. The summed E-state index contributed by atoms with van der Waals surface area (Å²) in [5.74, 6) is -0.718. The minimum atomic E-state index is -0.476. The second-order valence-corrected chi connectivity index (χ2v) is 6.81. The Labute approximate surface area is 156 Å². The third-order valence-electron chi connectivity index (χ3n) is 3.40. The van der Waals surface area contributed by atoms with Crippen LogP contribution in [0.25, 0.3) is 11.1 Å². The summed E-state index contributed by atoms with van der Waals surface area (Å²) in [5, 5.41) is 4.98. The van der Waals surface area contributed by atoms with E-state index in [1.54, 1.807) is 19.1 Å². The van der Waals surface area contributed by atoms with Crippen LogP contribution in [0, 0.1) is 0 Å². The molecule has 0 bridgehead atoms. The highest BCUT2D eigenvalue weighted by molar-refractivity contribution is 9.10. The van der Waals surface area contributed by atoms with Gasteiger partial charge in [-0.05, 0) is 36.8 Å².